The lowest BCUT2D eigenvalue weighted by Crippen LogP contribution is -2.19. The molecule has 0 atom stereocenters. The maximum atomic E-state index is 13.7. The summed E-state index contributed by atoms with van der Waals surface area (Å²) in [5, 5.41) is 0.861. The summed E-state index contributed by atoms with van der Waals surface area (Å²) in [6.07, 6.45) is -1.42. The normalized spacial score (nSPS) is 11.7. The molecule has 2 heterocycles. The average molecular weight is 483 g/mol. The van der Waals surface area contributed by atoms with Gasteiger partial charge in [0.1, 0.15) is 12.4 Å². The van der Waals surface area contributed by atoms with Crippen molar-refractivity contribution in [3.05, 3.63) is 82.1 Å². The lowest BCUT2D eigenvalue weighted by atomic mass is 10.1. The van der Waals surface area contributed by atoms with E-state index >= 15 is 0 Å². The van der Waals surface area contributed by atoms with Crippen LogP contribution in [-0.4, -0.2) is 20.7 Å². The van der Waals surface area contributed by atoms with E-state index in [0.29, 0.717) is 21.8 Å². The van der Waals surface area contributed by atoms with Crippen LogP contribution in [0.3, 0.4) is 0 Å². The van der Waals surface area contributed by atoms with Crippen molar-refractivity contribution in [3.63, 3.8) is 0 Å². The molecular formula is C22H13Cl3F3N3. The predicted molar refractivity (Wildman–Crippen MR) is 117 cm³/mol. The molecule has 0 bridgehead atoms. The molecule has 0 fully saturated rings. The van der Waals surface area contributed by atoms with Crippen molar-refractivity contribution < 1.29 is 13.2 Å². The molecule has 0 saturated carbocycles. The summed E-state index contributed by atoms with van der Waals surface area (Å²) in [4.78, 5) is 8.57. The largest absolute Gasteiger partial charge is 0.406 e. The molecule has 2 aromatic heterocycles. The molecule has 3 nitrogen and oxygen atoms in total. The second-order valence-corrected chi connectivity index (χ2v) is 7.92. The zero-order valence-corrected chi connectivity index (χ0v) is 17.9. The van der Waals surface area contributed by atoms with Crippen molar-refractivity contribution in [2.45, 2.75) is 12.7 Å². The summed E-state index contributed by atoms with van der Waals surface area (Å²) >= 11 is 18.7. The van der Waals surface area contributed by atoms with E-state index in [2.05, 4.69) is 9.97 Å². The molecular weight excluding hydrogens is 470 g/mol. The zero-order valence-electron chi connectivity index (χ0n) is 15.7. The Hall–Kier alpha value is -2.54. The molecule has 0 saturated heterocycles. The monoisotopic (exact) mass is 481 g/mol. The minimum Gasteiger partial charge on any atom is -0.314 e. The Morgan fingerprint density at radius 2 is 1.42 bits per heavy atom. The summed E-state index contributed by atoms with van der Waals surface area (Å²) in [5.41, 5.74) is 1.96. The number of benzene rings is 2. The smallest absolute Gasteiger partial charge is 0.314 e. The molecule has 0 N–H and O–H groups in total. The van der Waals surface area contributed by atoms with Crippen molar-refractivity contribution in [2.75, 3.05) is 0 Å². The van der Waals surface area contributed by atoms with Crippen molar-refractivity contribution >= 4 is 34.8 Å². The summed E-state index contributed by atoms with van der Waals surface area (Å²) in [7, 11) is 0. The van der Waals surface area contributed by atoms with Crippen LogP contribution in [0.5, 0.6) is 0 Å². The van der Waals surface area contributed by atoms with E-state index in [9.17, 15) is 13.2 Å². The van der Waals surface area contributed by atoms with Crippen LogP contribution < -0.4 is 0 Å². The van der Waals surface area contributed by atoms with E-state index in [1.165, 1.54) is 0 Å². The van der Waals surface area contributed by atoms with E-state index < -0.39 is 12.7 Å². The van der Waals surface area contributed by atoms with Crippen molar-refractivity contribution in [2.24, 2.45) is 0 Å². The molecule has 0 unspecified atom stereocenters. The molecule has 4 rings (SSSR count). The minimum atomic E-state index is -4.51. The molecule has 2 aromatic carbocycles. The van der Waals surface area contributed by atoms with Crippen LogP contribution in [-0.2, 0) is 6.54 Å². The molecule has 0 aliphatic carbocycles. The third-order valence-corrected chi connectivity index (χ3v) is 5.44. The van der Waals surface area contributed by atoms with Gasteiger partial charge in [-0.05, 0) is 36.4 Å². The number of nitrogens with zero attached hydrogens (tertiary/aromatic N) is 3. The van der Waals surface area contributed by atoms with Crippen molar-refractivity contribution in [1.82, 2.24) is 14.5 Å². The molecule has 0 aliphatic heterocycles. The van der Waals surface area contributed by atoms with Gasteiger partial charge >= 0.3 is 6.18 Å². The van der Waals surface area contributed by atoms with Gasteiger partial charge in [0, 0.05) is 28.5 Å². The molecule has 9 heteroatoms. The van der Waals surface area contributed by atoms with Crippen LogP contribution in [0.1, 0.15) is 0 Å². The Bertz CT molecular complexity index is 1200. The van der Waals surface area contributed by atoms with Crippen LogP contribution in [0, 0.1) is 0 Å². The molecule has 4 aromatic rings. The van der Waals surface area contributed by atoms with Gasteiger partial charge < -0.3 is 4.57 Å². The van der Waals surface area contributed by atoms with Gasteiger partial charge in [0.2, 0.25) is 0 Å². The second kappa shape index (κ2) is 8.54. The Kier molecular flexibility index (Phi) is 5.97. The number of halogens is 6. The fraction of sp³-hybridized carbons (Fsp3) is 0.0909. The summed E-state index contributed by atoms with van der Waals surface area (Å²) < 4.78 is 42.1. The second-order valence-electron chi connectivity index (χ2n) is 6.67. The molecule has 0 amide bonds. The predicted octanol–water partition coefficient (Wildman–Crippen LogP) is 7.80. The first-order chi connectivity index (χ1) is 14.7. The summed E-state index contributed by atoms with van der Waals surface area (Å²) in [6.45, 7) is -1.28. The number of rotatable bonds is 4. The SMILES string of the molecule is FC(F)(F)Cn1c(-c2c(Cl)cccc2Cl)nc(-c2ccncc2)c1-c1ccc(Cl)cc1. The Morgan fingerprint density at radius 1 is 0.806 bits per heavy atom. The van der Waals surface area contributed by atoms with Gasteiger partial charge in [-0.2, -0.15) is 13.2 Å². The van der Waals surface area contributed by atoms with E-state index in [1.54, 1.807) is 67.0 Å². The van der Waals surface area contributed by atoms with E-state index in [1.807, 2.05) is 0 Å². The van der Waals surface area contributed by atoms with Gasteiger partial charge in [-0.25, -0.2) is 4.98 Å². The third-order valence-electron chi connectivity index (χ3n) is 4.56. The Balaban J connectivity index is 2.09. The number of alkyl halides is 3. The first kappa shape index (κ1) is 21.7. The number of hydrogen-bond donors (Lipinski definition) is 0. The topological polar surface area (TPSA) is 30.7 Å². The van der Waals surface area contributed by atoms with Gasteiger partial charge in [-0.1, -0.05) is 53.0 Å². The summed E-state index contributed by atoms with van der Waals surface area (Å²) in [6, 6.07) is 14.6. The highest BCUT2D eigenvalue weighted by Gasteiger charge is 2.33. The first-order valence-electron chi connectivity index (χ1n) is 9.02. The number of hydrogen-bond acceptors (Lipinski definition) is 2. The lowest BCUT2D eigenvalue weighted by Gasteiger charge is -2.16. The van der Waals surface area contributed by atoms with Crippen LogP contribution in [0.15, 0.2) is 67.0 Å². The van der Waals surface area contributed by atoms with Gasteiger partial charge in [0.05, 0.1) is 27.0 Å². The first-order valence-corrected chi connectivity index (χ1v) is 10.2. The molecule has 0 spiro atoms. The van der Waals surface area contributed by atoms with Crippen molar-refractivity contribution in [3.8, 4) is 33.9 Å². The molecule has 31 heavy (non-hydrogen) atoms. The highest BCUT2D eigenvalue weighted by molar-refractivity contribution is 6.39. The number of imidazole rings is 1. The van der Waals surface area contributed by atoms with Gasteiger partial charge in [0.25, 0.3) is 0 Å². The standard InChI is InChI=1S/C22H13Cl3F3N3/c23-15-6-4-14(5-7-15)20-19(13-8-10-29-11-9-13)30-21(31(20)12-22(26,27)28)18-16(24)2-1-3-17(18)25/h1-11H,12H2. The fourth-order valence-corrected chi connectivity index (χ4v) is 3.99. The Labute approximate surface area is 191 Å². The van der Waals surface area contributed by atoms with Crippen LogP contribution in [0.4, 0.5) is 13.2 Å². The van der Waals surface area contributed by atoms with E-state index in [4.69, 9.17) is 34.8 Å². The molecule has 0 radical (unpaired) electrons. The number of aromatic nitrogens is 3. The van der Waals surface area contributed by atoms with Gasteiger partial charge in [-0.3, -0.25) is 4.98 Å². The zero-order chi connectivity index (χ0) is 22.2. The maximum Gasteiger partial charge on any atom is 0.406 e. The highest BCUT2D eigenvalue weighted by atomic mass is 35.5. The maximum absolute atomic E-state index is 13.7. The highest BCUT2D eigenvalue weighted by Crippen LogP contribution is 2.42. The van der Waals surface area contributed by atoms with Gasteiger partial charge in [-0.15, -0.1) is 0 Å². The van der Waals surface area contributed by atoms with Gasteiger partial charge in [0.15, 0.2) is 0 Å². The van der Waals surface area contributed by atoms with Crippen molar-refractivity contribution in [1.29, 1.82) is 0 Å². The summed E-state index contributed by atoms with van der Waals surface area (Å²) in [5.74, 6) is 0.0182. The van der Waals surface area contributed by atoms with Crippen LogP contribution in [0.2, 0.25) is 15.1 Å². The fourth-order valence-electron chi connectivity index (χ4n) is 3.30. The minimum absolute atomic E-state index is 0.0182. The van der Waals surface area contributed by atoms with E-state index in [-0.39, 0.29) is 27.1 Å². The molecule has 158 valence electrons. The Morgan fingerprint density at radius 3 is 2.00 bits per heavy atom. The average Bonchev–Trinajstić information content (AvgIpc) is 3.06. The molecule has 0 aliphatic rings. The number of pyridine rings is 1. The quantitative estimate of drug-likeness (QED) is 0.297. The lowest BCUT2D eigenvalue weighted by molar-refractivity contribution is -0.140. The third kappa shape index (κ3) is 4.56. The van der Waals surface area contributed by atoms with Crippen LogP contribution >= 0.6 is 34.8 Å². The van der Waals surface area contributed by atoms with E-state index in [0.717, 1.165) is 4.57 Å². The van der Waals surface area contributed by atoms with Crippen LogP contribution in [0.25, 0.3) is 33.9 Å².